The molecule has 0 saturated heterocycles. The largest absolute Gasteiger partial charge is 0.340 e. The Morgan fingerprint density at radius 1 is 1.57 bits per heavy atom. The molecule has 1 heterocycles. The van der Waals surface area contributed by atoms with Gasteiger partial charge in [-0.1, -0.05) is 25.4 Å². The Hall–Kier alpha value is -0.900. The minimum absolute atomic E-state index is 0.709. The van der Waals surface area contributed by atoms with Gasteiger partial charge in [0.05, 0.1) is 0 Å². The average Bonchev–Trinajstić information content (AvgIpc) is 2.65. The van der Waals surface area contributed by atoms with Gasteiger partial charge >= 0.3 is 0 Å². The molecular weight excluding hydrogens is 178 g/mol. The minimum atomic E-state index is 0.709. The molecule has 0 radical (unpaired) electrons. The van der Waals surface area contributed by atoms with Crippen LogP contribution >= 0.6 is 0 Å². The van der Waals surface area contributed by atoms with Crippen LogP contribution in [0, 0.1) is 5.92 Å². The van der Waals surface area contributed by atoms with E-state index in [9.17, 15) is 0 Å². The summed E-state index contributed by atoms with van der Waals surface area (Å²) >= 11 is 0. The third kappa shape index (κ3) is 4.37. The van der Waals surface area contributed by atoms with Crippen LogP contribution < -0.4 is 5.32 Å². The molecule has 0 aromatic carbocycles. The fourth-order valence-corrected chi connectivity index (χ4v) is 1.44. The predicted molar refractivity (Wildman–Crippen MR) is 54.9 cm³/mol. The number of hydrogen-bond acceptors (Lipinski definition) is 4. The molecule has 1 N–H and O–H groups in total. The SMILES string of the molecule is CCCC(C)CNCCc1ncno1. The van der Waals surface area contributed by atoms with Crippen molar-refractivity contribution in [1.82, 2.24) is 15.5 Å². The summed E-state index contributed by atoms with van der Waals surface area (Å²) in [4.78, 5) is 3.95. The van der Waals surface area contributed by atoms with Gasteiger partial charge in [0.15, 0.2) is 6.33 Å². The molecule has 1 aromatic rings. The maximum absolute atomic E-state index is 4.89. The highest BCUT2D eigenvalue weighted by atomic mass is 16.5. The molecule has 0 amide bonds. The van der Waals surface area contributed by atoms with Crippen LogP contribution in [-0.2, 0) is 6.42 Å². The van der Waals surface area contributed by atoms with E-state index in [4.69, 9.17) is 4.52 Å². The Morgan fingerprint density at radius 2 is 2.43 bits per heavy atom. The summed E-state index contributed by atoms with van der Waals surface area (Å²) in [6.45, 7) is 6.47. The first-order chi connectivity index (χ1) is 6.83. The van der Waals surface area contributed by atoms with E-state index in [0.717, 1.165) is 25.4 Å². The second-order valence-corrected chi connectivity index (χ2v) is 3.68. The molecule has 0 aliphatic rings. The predicted octanol–water partition coefficient (Wildman–Crippen LogP) is 1.64. The first-order valence-electron chi connectivity index (χ1n) is 5.29. The van der Waals surface area contributed by atoms with Crippen molar-refractivity contribution in [2.24, 2.45) is 5.92 Å². The van der Waals surface area contributed by atoms with Crippen molar-refractivity contribution in [2.45, 2.75) is 33.1 Å². The zero-order valence-electron chi connectivity index (χ0n) is 8.99. The first kappa shape index (κ1) is 11.2. The van der Waals surface area contributed by atoms with E-state index in [2.05, 4.69) is 29.3 Å². The average molecular weight is 197 g/mol. The van der Waals surface area contributed by atoms with Crippen molar-refractivity contribution in [1.29, 1.82) is 0 Å². The van der Waals surface area contributed by atoms with Crippen molar-refractivity contribution >= 4 is 0 Å². The quantitative estimate of drug-likeness (QED) is 0.675. The maximum Gasteiger partial charge on any atom is 0.227 e. The van der Waals surface area contributed by atoms with Crippen molar-refractivity contribution in [3.8, 4) is 0 Å². The monoisotopic (exact) mass is 197 g/mol. The Labute approximate surface area is 85.1 Å². The van der Waals surface area contributed by atoms with Crippen LogP contribution in [0.1, 0.15) is 32.6 Å². The van der Waals surface area contributed by atoms with E-state index >= 15 is 0 Å². The molecule has 0 fully saturated rings. The van der Waals surface area contributed by atoms with Crippen molar-refractivity contribution in [2.75, 3.05) is 13.1 Å². The molecule has 0 saturated carbocycles. The molecule has 4 heteroatoms. The van der Waals surface area contributed by atoms with Gasteiger partial charge in [0, 0.05) is 13.0 Å². The Balaban J connectivity index is 1.99. The summed E-state index contributed by atoms with van der Waals surface area (Å²) in [5.74, 6) is 1.46. The summed E-state index contributed by atoms with van der Waals surface area (Å²) in [5.41, 5.74) is 0. The smallest absolute Gasteiger partial charge is 0.227 e. The topological polar surface area (TPSA) is 51.0 Å². The van der Waals surface area contributed by atoms with E-state index in [0.29, 0.717) is 5.89 Å². The van der Waals surface area contributed by atoms with Crippen molar-refractivity contribution in [3.63, 3.8) is 0 Å². The van der Waals surface area contributed by atoms with Crippen LogP contribution in [0.25, 0.3) is 0 Å². The van der Waals surface area contributed by atoms with Gasteiger partial charge in [0.25, 0.3) is 0 Å². The van der Waals surface area contributed by atoms with Gasteiger partial charge in [0.2, 0.25) is 5.89 Å². The van der Waals surface area contributed by atoms with E-state index in [1.165, 1.54) is 19.2 Å². The number of hydrogen-bond donors (Lipinski definition) is 1. The molecule has 1 unspecified atom stereocenters. The molecule has 0 spiro atoms. The summed E-state index contributed by atoms with van der Waals surface area (Å²) in [6, 6.07) is 0. The van der Waals surface area contributed by atoms with Crippen LogP contribution in [0.3, 0.4) is 0 Å². The van der Waals surface area contributed by atoms with Gasteiger partial charge in [-0.25, -0.2) is 0 Å². The summed E-state index contributed by atoms with van der Waals surface area (Å²) in [7, 11) is 0. The van der Waals surface area contributed by atoms with E-state index < -0.39 is 0 Å². The number of nitrogens with zero attached hydrogens (tertiary/aromatic N) is 2. The molecule has 0 aliphatic heterocycles. The molecule has 4 nitrogen and oxygen atoms in total. The van der Waals surface area contributed by atoms with Gasteiger partial charge in [-0.2, -0.15) is 4.98 Å². The number of rotatable bonds is 7. The fourth-order valence-electron chi connectivity index (χ4n) is 1.44. The van der Waals surface area contributed by atoms with E-state index in [-0.39, 0.29) is 0 Å². The minimum Gasteiger partial charge on any atom is -0.340 e. The van der Waals surface area contributed by atoms with Crippen LogP contribution in [0.4, 0.5) is 0 Å². The molecule has 0 bridgehead atoms. The molecule has 1 atom stereocenters. The Bertz CT molecular complexity index is 223. The lowest BCUT2D eigenvalue weighted by molar-refractivity contribution is 0.372. The second-order valence-electron chi connectivity index (χ2n) is 3.68. The number of aromatic nitrogens is 2. The lowest BCUT2D eigenvalue weighted by atomic mass is 10.1. The number of nitrogens with one attached hydrogen (secondary N) is 1. The van der Waals surface area contributed by atoms with E-state index in [1.807, 2.05) is 0 Å². The molecule has 0 aliphatic carbocycles. The van der Waals surface area contributed by atoms with Gasteiger partial charge in [-0.15, -0.1) is 0 Å². The maximum atomic E-state index is 4.89. The van der Waals surface area contributed by atoms with Crippen LogP contribution in [0.5, 0.6) is 0 Å². The lowest BCUT2D eigenvalue weighted by Gasteiger charge is -2.10. The first-order valence-corrected chi connectivity index (χ1v) is 5.29. The standard InChI is InChI=1S/C10H19N3O/c1-3-4-9(2)7-11-6-5-10-12-8-13-14-10/h8-9,11H,3-7H2,1-2H3. The lowest BCUT2D eigenvalue weighted by Crippen LogP contribution is -2.23. The van der Waals surface area contributed by atoms with E-state index in [1.54, 1.807) is 0 Å². The summed E-state index contributed by atoms with van der Waals surface area (Å²) in [5, 5.41) is 6.93. The molecule has 80 valence electrons. The molecule has 1 rings (SSSR count). The van der Waals surface area contributed by atoms with Crippen LogP contribution in [0.15, 0.2) is 10.9 Å². The molecular formula is C10H19N3O. The Morgan fingerprint density at radius 3 is 3.07 bits per heavy atom. The second kappa shape index (κ2) is 6.54. The van der Waals surface area contributed by atoms with Crippen LogP contribution in [-0.4, -0.2) is 23.2 Å². The fraction of sp³-hybridized carbons (Fsp3) is 0.800. The highest BCUT2D eigenvalue weighted by Crippen LogP contribution is 2.02. The third-order valence-corrected chi connectivity index (χ3v) is 2.20. The highest BCUT2D eigenvalue weighted by Gasteiger charge is 2.01. The van der Waals surface area contributed by atoms with Gasteiger partial charge < -0.3 is 9.84 Å². The Kier molecular flexibility index (Phi) is 5.22. The summed E-state index contributed by atoms with van der Waals surface area (Å²) < 4.78 is 4.89. The molecule has 14 heavy (non-hydrogen) atoms. The van der Waals surface area contributed by atoms with Gasteiger partial charge in [-0.05, 0) is 18.9 Å². The zero-order chi connectivity index (χ0) is 10.2. The summed E-state index contributed by atoms with van der Waals surface area (Å²) in [6.07, 6.45) is 4.80. The normalized spacial score (nSPS) is 13.0. The third-order valence-electron chi connectivity index (χ3n) is 2.20. The van der Waals surface area contributed by atoms with Crippen molar-refractivity contribution in [3.05, 3.63) is 12.2 Å². The van der Waals surface area contributed by atoms with Gasteiger partial charge in [0.1, 0.15) is 0 Å². The van der Waals surface area contributed by atoms with Crippen molar-refractivity contribution < 1.29 is 4.52 Å². The zero-order valence-corrected chi connectivity index (χ0v) is 8.99. The highest BCUT2D eigenvalue weighted by molar-refractivity contribution is 4.75. The van der Waals surface area contributed by atoms with Crippen LogP contribution in [0.2, 0.25) is 0 Å². The van der Waals surface area contributed by atoms with Gasteiger partial charge in [-0.3, -0.25) is 0 Å². The molecule has 1 aromatic heterocycles.